The zero-order valence-corrected chi connectivity index (χ0v) is 13.3. The van der Waals surface area contributed by atoms with E-state index in [9.17, 15) is 15.0 Å². The number of hydrogen-bond acceptors (Lipinski definition) is 5. The van der Waals surface area contributed by atoms with Crippen LogP contribution < -0.4 is 0 Å². The van der Waals surface area contributed by atoms with Crippen LogP contribution in [0.4, 0.5) is 0 Å². The summed E-state index contributed by atoms with van der Waals surface area (Å²) in [6.07, 6.45) is 1.09. The first-order valence-corrected chi connectivity index (χ1v) is 7.41. The smallest absolute Gasteiger partial charge is 0.305 e. The molecule has 0 amide bonds. The third kappa shape index (κ3) is 4.07. The molecule has 0 spiro atoms. The van der Waals surface area contributed by atoms with Crippen LogP contribution in [0.3, 0.4) is 0 Å². The number of rotatable bonds is 7. The second-order valence-corrected chi connectivity index (χ2v) is 5.91. The highest BCUT2D eigenvalue weighted by atomic mass is 35.5. The molecule has 0 saturated carbocycles. The second-order valence-electron chi connectivity index (χ2n) is 5.48. The summed E-state index contributed by atoms with van der Waals surface area (Å²) in [4.78, 5) is 14.7. The molecule has 2 aromatic rings. The minimum absolute atomic E-state index is 0.0203. The number of carboxylic acid groups (broad SMARTS) is 1. The summed E-state index contributed by atoms with van der Waals surface area (Å²) in [5, 5.41) is 34.7. The van der Waals surface area contributed by atoms with Gasteiger partial charge in [-0.15, -0.1) is 0 Å². The van der Waals surface area contributed by atoms with Gasteiger partial charge < -0.3 is 15.3 Å². The lowest BCUT2D eigenvalue weighted by molar-refractivity contribution is -0.143. The van der Waals surface area contributed by atoms with Crippen LogP contribution in [-0.4, -0.2) is 42.2 Å². The fraction of sp³-hybridized carbons (Fsp3) is 0.400. The fourth-order valence-corrected chi connectivity index (χ4v) is 2.60. The number of carbonyl (C=O) groups is 1. The van der Waals surface area contributed by atoms with Gasteiger partial charge in [-0.05, 0) is 17.7 Å². The Hall–Kier alpha value is -1.96. The van der Waals surface area contributed by atoms with E-state index in [0.717, 1.165) is 0 Å². The standard InChI is InChI=1S/C15H18ClN3O4/c1-10(13(20)6-14(21)22)15(23,7-19-9-17-8-18-19)11-2-4-12(16)5-3-11/h2-5,8-10,13,20,23H,6-7H2,1H3,(H,21,22). The van der Waals surface area contributed by atoms with Crippen LogP contribution in [-0.2, 0) is 16.9 Å². The van der Waals surface area contributed by atoms with Crippen molar-refractivity contribution in [2.24, 2.45) is 5.92 Å². The number of aliphatic carboxylic acids is 1. The van der Waals surface area contributed by atoms with Gasteiger partial charge in [0.1, 0.15) is 18.3 Å². The zero-order valence-electron chi connectivity index (χ0n) is 12.5. The molecule has 8 heteroatoms. The quantitative estimate of drug-likeness (QED) is 0.701. The molecule has 3 N–H and O–H groups in total. The SMILES string of the molecule is CC(C(O)CC(=O)O)C(O)(Cn1cncn1)c1ccc(Cl)cc1. The Morgan fingerprint density at radius 1 is 1.39 bits per heavy atom. The number of halogens is 1. The maximum absolute atomic E-state index is 11.2. The van der Waals surface area contributed by atoms with Crippen molar-refractivity contribution >= 4 is 17.6 Å². The molecule has 1 heterocycles. The summed E-state index contributed by atoms with van der Waals surface area (Å²) in [5.41, 5.74) is -1.03. The van der Waals surface area contributed by atoms with Gasteiger partial charge in [0.2, 0.25) is 0 Å². The minimum Gasteiger partial charge on any atom is -0.481 e. The third-order valence-corrected chi connectivity index (χ3v) is 4.18. The maximum Gasteiger partial charge on any atom is 0.305 e. The van der Waals surface area contributed by atoms with Gasteiger partial charge in [0.15, 0.2) is 0 Å². The predicted molar refractivity (Wildman–Crippen MR) is 82.8 cm³/mol. The number of aromatic nitrogens is 3. The number of nitrogens with zero attached hydrogens (tertiary/aromatic N) is 3. The van der Waals surface area contributed by atoms with Gasteiger partial charge in [-0.3, -0.25) is 4.79 Å². The van der Waals surface area contributed by atoms with E-state index in [0.29, 0.717) is 10.6 Å². The molecule has 0 aliphatic carbocycles. The lowest BCUT2D eigenvalue weighted by Crippen LogP contribution is -2.44. The Bertz CT molecular complexity index is 647. The van der Waals surface area contributed by atoms with E-state index in [4.69, 9.17) is 16.7 Å². The number of carboxylic acids is 1. The number of aliphatic hydroxyl groups is 2. The Morgan fingerprint density at radius 2 is 2.04 bits per heavy atom. The summed E-state index contributed by atoms with van der Waals surface area (Å²) in [7, 11) is 0. The molecular formula is C15H18ClN3O4. The van der Waals surface area contributed by atoms with E-state index in [1.54, 1.807) is 31.2 Å². The van der Waals surface area contributed by atoms with E-state index >= 15 is 0 Å². The van der Waals surface area contributed by atoms with E-state index in [2.05, 4.69) is 10.1 Å². The summed E-state index contributed by atoms with van der Waals surface area (Å²) in [5.74, 6) is -1.90. The molecule has 7 nitrogen and oxygen atoms in total. The van der Waals surface area contributed by atoms with Crippen LogP contribution in [0.2, 0.25) is 5.02 Å². The number of aliphatic hydroxyl groups excluding tert-OH is 1. The lowest BCUT2D eigenvalue weighted by Gasteiger charge is -2.36. The van der Waals surface area contributed by atoms with Crippen LogP contribution in [0.1, 0.15) is 18.9 Å². The van der Waals surface area contributed by atoms with Gasteiger partial charge in [0.25, 0.3) is 0 Å². The van der Waals surface area contributed by atoms with Gasteiger partial charge in [0, 0.05) is 10.9 Å². The normalized spacial score (nSPS) is 16.5. The summed E-state index contributed by atoms with van der Waals surface area (Å²) in [6.45, 7) is 1.62. The highest BCUT2D eigenvalue weighted by Crippen LogP contribution is 2.35. The third-order valence-electron chi connectivity index (χ3n) is 3.93. The first-order chi connectivity index (χ1) is 10.8. The van der Waals surface area contributed by atoms with Crippen LogP contribution in [0.15, 0.2) is 36.9 Å². The molecule has 0 bridgehead atoms. The largest absolute Gasteiger partial charge is 0.481 e. The summed E-state index contributed by atoms with van der Waals surface area (Å²) < 4.78 is 1.43. The number of hydrogen-bond donors (Lipinski definition) is 3. The van der Waals surface area contributed by atoms with Crippen LogP contribution >= 0.6 is 11.6 Å². The molecule has 0 saturated heterocycles. The maximum atomic E-state index is 11.2. The van der Waals surface area contributed by atoms with Gasteiger partial charge in [-0.25, -0.2) is 9.67 Å². The molecule has 23 heavy (non-hydrogen) atoms. The van der Waals surface area contributed by atoms with Crippen molar-refractivity contribution in [3.63, 3.8) is 0 Å². The topological polar surface area (TPSA) is 108 Å². The molecule has 1 aromatic heterocycles. The average Bonchev–Trinajstić information content (AvgIpc) is 2.99. The van der Waals surface area contributed by atoms with Crippen molar-refractivity contribution < 1.29 is 20.1 Å². The molecule has 3 atom stereocenters. The van der Waals surface area contributed by atoms with Crippen molar-refractivity contribution in [3.8, 4) is 0 Å². The second kappa shape index (κ2) is 7.08. The first-order valence-electron chi connectivity index (χ1n) is 7.03. The minimum atomic E-state index is -1.53. The molecule has 0 radical (unpaired) electrons. The van der Waals surface area contributed by atoms with Crippen molar-refractivity contribution in [2.75, 3.05) is 0 Å². The van der Waals surface area contributed by atoms with Gasteiger partial charge in [0.05, 0.1) is 19.1 Å². The van der Waals surface area contributed by atoms with Crippen molar-refractivity contribution in [1.82, 2.24) is 14.8 Å². The average molecular weight is 340 g/mol. The van der Waals surface area contributed by atoms with Crippen molar-refractivity contribution in [2.45, 2.75) is 31.6 Å². The Morgan fingerprint density at radius 3 is 2.57 bits per heavy atom. The predicted octanol–water partition coefficient (Wildman–Crippen LogP) is 1.29. The Kier molecular flexibility index (Phi) is 5.35. The van der Waals surface area contributed by atoms with E-state index in [1.807, 2.05) is 0 Å². The summed E-state index contributed by atoms with van der Waals surface area (Å²) in [6, 6.07) is 6.53. The molecule has 0 fully saturated rings. The first kappa shape index (κ1) is 17.4. The van der Waals surface area contributed by atoms with Gasteiger partial charge >= 0.3 is 5.97 Å². The molecule has 0 aliphatic rings. The van der Waals surface area contributed by atoms with Crippen LogP contribution in [0, 0.1) is 5.92 Å². The lowest BCUT2D eigenvalue weighted by atomic mass is 9.78. The van der Waals surface area contributed by atoms with E-state index in [1.165, 1.54) is 17.3 Å². The highest BCUT2D eigenvalue weighted by molar-refractivity contribution is 6.30. The molecule has 1 aromatic carbocycles. The molecule has 3 unspecified atom stereocenters. The zero-order chi connectivity index (χ0) is 17.0. The van der Waals surface area contributed by atoms with Gasteiger partial charge in [-0.2, -0.15) is 5.10 Å². The monoisotopic (exact) mass is 339 g/mol. The summed E-state index contributed by atoms with van der Waals surface area (Å²) >= 11 is 5.88. The Labute approximate surface area is 138 Å². The fourth-order valence-electron chi connectivity index (χ4n) is 2.47. The van der Waals surface area contributed by atoms with Crippen molar-refractivity contribution in [3.05, 3.63) is 47.5 Å². The molecule has 2 rings (SSSR count). The van der Waals surface area contributed by atoms with Crippen molar-refractivity contribution in [1.29, 1.82) is 0 Å². The highest BCUT2D eigenvalue weighted by Gasteiger charge is 2.41. The van der Waals surface area contributed by atoms with Gasteiger partial charge in [-0.1, -0.05) is 30.7 Å². The molecular weight excluding hydrogens is 322 g/mol. The van der Waals surface area contributed by atoms with E-state index < -0.39 is 30.0 Å². The van der Waals surface area contributed by atoms with Crippen LogP contribution in [0.5, 0.6) is 0 Å². The Balaban J connectivity index is 2.37. The van der Waals surface area contributed by atoms with E-state index in [-0.39, 0.29) is 6.54 Å². The molecule has 124 valence electrons. The number of benzene rings is 1. The molecule has 0 aliphatic heterocycles. The van der Waals surface area contributed by atoms with Crippen LogP contribution in [0.25, 0.3) is 0 Å².